The molecule has 0 saturated carbocycles. The molecular weight excluding hydrogens is 304 g/mol. The molecule has 0 atom stereocenters. The maximum Gasteiger partial charge on any atom is 0.270 e. The number of nitro groups is 1. The SMILES string of the molecule is Cc1ccc2nc(C)cc(NN=Cc3cccc([N+](=O)[O-])c3)c2c1. The average molecular weight is 320 g/mol. The van der Waals surface area contributed by atoms with E-state index in [0.29, 0.717) is 5.56 Å². The average Bonchev–Trinajstić information content (AvgIpc) is 2.55. The van der Waals surface area contributed by atoms with Crippen LogP contribution in [0.25, 0.3) is 10.9 Å². The molecule has 0 fully saturated rings. The fourth-order valence-corrected chi connectivity index (χ4v) is 2.46. The summed E-state index contributed by atoms with van der Waals surface area (Å²) in [5, 5.41) is 16.0. The van der Waals surface area contributed by atoms with Gasteiger partial charge in [0.25, 0.3) is 5.69 Å². The zero-order valence-corrected chi connectivity index (χ0v) is 13.4. The van der Waals surface area contributed by atoms with Crippen LogP contribution in [0.1, 0.15) is 16.8 Å². The summed E-state index contributed by atoms with van der Waals surface area (Å²) >= 11 is 0. The number of fused-ring (bicyclic) bond motifs is 1. The number of hydrazone groups is 1. The van der Waals surface area contributed by atoms with E-state index in [2.05, 4.69) is 15.5 Å². The summed E-state index contributed by atoms with van der Waals surface area (Å²) in [7, 11) is 0. The quantitative estimate of drug-likeness (QED) is 0.443. The van der Waals surface area contributed by atoms with Gasteiger partial charge in [0.1, 0.15) is 0 Å². The van der Waals surface area contributed by atoms with Gasteiger partial charge in [0.2, 0.25) is 0 Å². The topological polar surface area (TPSA) is 80.4 Å². The van der Waals surface area contributed by atoms with Crippen molar-refractivity contribution in [1.82, 2.24) is 4.98 Å². The molecule has 2 aromatic carbocycles. The zero-order valence-electron chi connectivity index (χ0n) is 13.4. The Hall–Kier alpha value is -3.28. The van der Waals surface area contributed by atoms with Crippen LogP contribution in [0.15, 0.2) is 53.6 Å². The number of aromatic nitrogens is 1. The van der Waals surface area contributed by atoms with Gasteiger partial charge in [-0.3, -0.25) is 20.5 Å². The van der Waals surface area contributed by atoms with E-state index in [-0.39, 0.29) is 5.69 Å². The third-order valence-corrected chi connectivity index (χ3v) is 3.57. The number of non-ortho nitro benzene ring substituents is 1. The Bertz CT molecular complexity index is 951. The lowest BCUT2D eigenvalue weighted by molar-refractivity contribution is -0.384. The van der Waals surface area contributed by atoms with Gasteiger partial charge in [0.05, 0.1) is 22.3 Å². The fourth-order valence-electron chi connectivity index (χ4n) is 2.46. The van der Waals surface area contributed by atoms with Crippen molar-refractivity contribution < 1.29 is 4.92 Å². The van der Waals surface area contributed by atoms with Gasteiger partial charge >= 0.3 is 0 Å². The summed E-state index contributed by atoms with van der Waals surface area (Å²) in [5.74, 6) is 0. The van der Waals surface area contributed by atoms with Crippen molar-refractivity contribution in [2.45, 2.75) is 13.8 Å². The van der Waals surface area contributed by atoms with Crippen molar-refractivity contribution in [3.05, 3.63) is 75.5 Å². The molecule has 3 aromatic rings. The van der Waals surface area contributed by atoms with Gasteiger partial charge in [-0.05, 0) is 32.0 Å². The van der Waals surface area contributed by atoms with Crippen LogP contribution in [-0.4, -0.2) is 16.1 Å². The van der Waals surface area contributed by atoms with Gasteiger partial charge in [0.15, 0.2) is 0 Å². The highest BCUT2D eigenvalue weighted by Gasteiger charge is 2.05. The Morgan fingerprint density at radius 3 is 2.79 bits per heavy atom. The van der Waals surface area contributed by atoms with E-state index in [4.69, 9.17) is 0 Å². The molecule has 1 heterocycles. The number of nitrogens with zero attached hydrogens (tertiary/aromatic N) is 3. The summed E-state index contributed by atoms with van der Waals surface area (Å²) in [6, 6.07) is 14.3. The fraction of sp³-hybridized carbons (Fsp3) is 0.111. The molecule has 0 aliphatic heterocycles. The molecule has 0 amide bonds. The highest BCUT2D eigenvalue weighted by Crippen LogP contribution is 2.24. The van der Waals surface area contributed by atoms with Crippen LogP contribution in [0.3, 0.4) is 0 Å². The van der Waals surface area contributed by atoms with Crippen molar-refractivity contribution in [2.75, 3.05) is 5.43 Å². The molecule has 24 heavy (non-hydrogen) atoms. The molecule has 0 spiro atoms. The minimum atomic E-state index is -0.423. The predicted octanol–water partition coefficient (Wildman–Crippen LogP) is 4.21. The molecule has 0 aliphatic rings. The maximum atomic E-state index is 10.8. The molecule has 0 aliphatic carbocycles. The van der Waals surface area contributed by atoms with Gasteiger partial charge in [-0.25, -0.2) is 0 Å². The van der Waals surface area contributed by atoms with Crippen LogP contribution >= 0.6 is 0 Å². The van der Waals surface area contributed by atoms with Crippen LogP contribution in [-0.2, 0) is 0 Å². The zero-order chi connectivity index (χ0) is 17.1. The number of rotatable bonds is 4. The smallest absolute Gasteiger partial charge is 0.270 e. The highest BCUT2D eigenvalue weighted by molar-refractivity contribution is 5.92. The first-order chi connectivity index (χ1) is 11.5. The molecular formula is C18H16N4O2. The summed E-state index contributed by atoms with van der Waals surface area (Å²) in [6.07, 6.45) is 1.56. The van der Waals surface area contributed by atoms with Crippen molar-refractivity contribution in [3.63, 3.8) is 0 Å². The molecule has 0 unspecified atom stereocenters. The van der Waals surface area contributed by atoms with Crippen LogP contribution in [0.4, 0.5) is 11.4 Å². The molecule has 6 nitrogen and oxygen atoms in total. The number of anilines is 1. The number of benzene rings is 2. The molecule has 0 radical (unpaired) electrons. The van der Waals surface area contributed by atoms with Gasteiger partial charge in [-0.2, -0.15) is 5.10 Å². The molecule has 120 valence electrons. The van der Waals surface area contributed by atoms with E-state index in [1.165, 1.54) is 12.1 Å². The standard InChI is InChI=1S/C18H16N4O2/c1-12-6-7-17-16(8-12)18(9-13(2)20-17)21-19-11-14-4-3-5-15(10-14)22(23)24/h3-11H,1-2H3,(H,20,21). The lowest BCUT2D eigenvalue weighted by Crippen LogP contribution is -1.95. The summed E-state index contributed by atoms with van der Waals surface area (Å²) in [4.78, 5) is 14.9. The van der Waals surface area contributed by atoms with E-state index in [1.54, 1.807) is 18.3 Å². The largest absolute Gasteiger partial charge is 0.278 e. The van der Waals surface area contributed by atoms with Crippen molar-refractivity contribution >= 4 is 28.5 Å². The second-order valence-corrected chi connectivity index (χ2v) is 5.55. The van der Waals surface area contributed by atoms with E-state index < -0.39 is 4.92 Å². The number of hydrogen-bond acceptors (Lipinski definition) is 5. The van der Waals surface area contributed by atoms with E-state index in [1.807, 2.05) is 38.1 Å². The van der Waals surface area contributed by atoms with E-state index >= 15 is 0 Å². The minimum Gasteiger partial charge on any atom is -0.278 e. The van der Waals surface area contributed by atoms with Gasteiger partial charge in [-0.1, -0.05) is 23.8 Å². The first-order valence-corrected chi connectivity index (χ1v) is 7.44. The second kappa shape index (κ2) is 6.45. The van der Waals surface area contributed by atoms with E-state index in [9.17, 15) is 10.1 Å². The molecule has 1 aromatic heterocycles. The monoisotopic (exact) mass is 320 g/mol. The van der Waals surface area contributed by atoms with Crippen molar-refractivity contribution in [1.29, 1.82) is 0 Å². The Kier molecular flexibility index (Phi) is 4.20. The molecule has 0 saturated heterocycles. The molecule has 6 heteroatoms. The van der Waals surface area contributed by atoms with Crippen LogP contribution in [0.2, 0.25) is 0 Å². The third-order valence-electron chi connectivity index (χ3n) is 3.57. The number of hydrogen-bond donors (Lipinski definition) is 1. The molecule has 3 rings (SSSR count). The summed E-state index contributed by atoms with van der Waals surface area (Å²) in [5.41, 5.74) is 7.48. The number of nitrogens with one attached hydrogen (secondary N) is 1. The van der Waals surface area contributed by atoms with Gasteiger partial charge in [-0.15, -0.1) is 0 Å². The molecule has 1 N–H and O–H groups in total. The van der Waals surface area contributed by atoms with Gasteiger partial charge < -0.3 is 0 Å². The van der Waals surface area contributed by atoms with E-state index in [0.717, 1.165) is 27.8 Å². The van der Waals surface area contributed by atoms with Crippen molar-refractivity contribution in [3.8, 4) is 0 Å². The Labute approximate surface area is 139 Å². The number of pyridine rings is 1. The Morgan fingerprint density at radius 1 is 1.17 bits per heavy atom. The van der Waals surface area contributed by atoms with Crippen molar-refractivity contribution in [2.24, 2.45) is 5.10 Å². The molecule has 0 bridgehead atoms. The number of nitro benzene ring substituents is 1. The first kappa shape index (κ1) is 15.6. The minimum absolute atomic E-state index is 0.0415. The Morgan fingerprint density at radius 2 is 2.00 bits per heavy atom. The van der Waals surface area contributed by atoms with Crippen LogP contribution < -0.4 is 5.43 Å². The lowest BCUT2D eigenvalue weighted by Gasteiger charge is -2.08. The highest BCUT2D eigenvalue weighted by atomic mass is 16.6. The van der Waals surface area contributed by atoms with Gasteiger partial charge in [0, 0.05) is 28.8 Å². The third kappa shape index (κ3) is 3.38. The predicted molar refractivity (Wildman–Crippen MR) is 95.5 cm³/mol. The maximum absolute atomic E-state index is 10.8. The van der Waals surface area contributed by atoms with Crippen LogP contribution in [0.5, 0.6) is 0 Å². The summed E-state index contributed by atoms with van der Waals surface area (Å²) < 4.78 is 0. The van der Waals surface area contributed by atoms with Crippen LogP contribution in [0, 0.1) is 24.0 Å². The second-order valence-electron chi connectivity index (χ2n) is 5.55. The first-order valence-electron chi connectivity index (χ1n) is 7.44. The normalized spacial score (nSPS) is 11.1. The Balaban J connectivity index is 1.89. The lowest BCUT2D eigenvalue weighted by atomic mass is 10.1. The number of aryl methyl sites for hydroxylation is 2. The summed E-state index contributed by atoms with van der Waals surface area (Å²) in [6.45, 7) is 3.95.